The molecule has 8 aromatic rings. The van der Waals surface area contributed by atoms with Gasteiger partial charge in [-0.15, -0.1) is 0 Å². The van der Waals surface area contributed by atoms with Gasteiger partial charge in [0.2, 0.25) is 0 Å². The van der Waals surface area contributed by atoms with E-state index >= 15 is 0 Å². The zero-order valence-corrected chi connectivity index (χ0v) is 31.2. The molecule has 0 N–H and O–H groups in total. The first kappa shape index (κ1) is 30.4. The highest BCUT2D eigenvalue weighted by molar-refractivity contribution is 9.10. The van der Waals surface area contributed by atoms with E-state index in [9.17, 15) is 0 Å². The summed E-state index contributed by atoms with van der Waals surface area (Å²) in [5.74, 6) is 0. The van der Waals surface area contributed by atoms with Gasteiger partial charge in [0, 0.05) is 8.95 Å². The van der Waals surface area contributed by atoms with E-state index < -0.39 is 0 Å². The fraction of sp³-hybridized carbons (Fsp3) is 0.0400. The van der Waals surface area contributed by atoms with Gasteiger partial charge in [-0.2, -0.15) is 0 Å². The highest BCUT2D eigenvalue weighted by atomic mass is 79.9. The van der Waals surface area contributed by atoms with Crippen LogP contribution in [0.25, 0.3) is 44.5 Å². The fourth-order valence-corrected chi connectivity index (χ4v) is 10.9. The highest BCUT2D eigenvalue weighted by Crippen LogP contribution is 2.64. The van der Waals surface area contributed by atoms with Crippen LogP contribution in [0.1, 0.15) is 44.5 Å². The molecule has 244 valence electrons. The molecule has 0 bridgehead atoms. The highest BCUT2D eigenvalue weighted by Gasteiger charge is 2.52. The minimum atomic E-state index is -0.219. The predicted molar refractivity (Wildman–Crippen MR) is 221 cm³/mol. The molecule has 0 fully saturated rings. The molecule has 0 heterocycles. The Morgan fingerprint density at radius 2 is 0.442 bits per heavy atom. The van der Waals surface area contributed by atoms with E-state index in [0.717, 1.165) is 8.95 Å². The Morgan fingerprint density at radius 3 is 0.692 bits per heavy atom. The van der Waals surface area contributed by atoms with Gasteiger partial charge in [-0.05, 0) is 113 Å². The third-order valence-corrected chi connectivity index (χ3v) is 12.9. The summed E-state index contributed by atoms with van der Waals surface area (Å²) in [4.78, 5) is 0. The number of rotatable bonds is 0. The van der Waals surface area contributed by atoms with Gasteiger partial charge in [0.25, 0.3) is 0 Å². The maximum Gasteiger partial charge on any atom is 0.0725 e. The number of hydrogen-bond acceptors (Lipinski definition) is 0. The van der Waals surface area contributed by atoms with Crippen molar-refractivity contribution in [2.75, 3.05) is 0 Å². The lowest BCUT2D eigenvalue weighted by atomic mass is 9.70. The van der Waals surface area contributed by atoms with Crippen molar-refractivity contribution < 1.29 is 0 Å². The maximum absolute atomic E-state index is 3.72. The first-order valence-corrected chi connectivity index (χ1v) is 19.4. The lowest BCUT2D eigenvalue weighted by molar-refractivity contribution is 0.793. The summed E-state index contributed by atoms with van der Waals surface area (Å²) in [6, 6.07) is 66.8. The molecule has 2 heteroatoms. The SMILES string of the molecule is Brc1ccc2c(c1)C1(c3ccccc3-c3ccccc31)c1ccccc1-2.Brc1ccc2c(c1)C1(c3ccccc3-c3ccccc31)c1ccccc1-2. The van der Waals surface area contributed by atoms with Crippen LogP contribution in [0, 0.1) is 0 Å². The second kappa shape index (κ2) is 11.1. The van der Waals surface area contributed by atoms with E-state index in [0.29, 0.717) is 0 Å². The van der Waals surface area contributed by atoms with Crippen LogP contribution in [0.5, 0.6) is 0 Å². The average Bonchev–Trinajstić information content (AvgIpc) is 3.87. The first-order chi connectivity index (χ1) is 25.6. The molecule has 4 aliphatic rings. The lowest BCUT2D eigenvalue weighted by Gasteiger charge is -2.30. The van der Waals surface area contributed by atoms with Gasteiger partial charge in [-0.1, -0.05) is 190 Å². The Kier molecular flexibility index (Phi) is 6.49. The van der Waals surface area contributed by atoms with Gasteiger partial charge in [0.05, 0.1) is 10.8 Å². The fourth-order valence-electron chi connectivity index (χ4n) is 10.1. The summed E-state index contributed by atoms with van der Waals surface area (Å²) < 4.78 is 2.26. The summed E-state index contributed by atoms with van der Waals surface area (Å²) in [7, 11) is 0. The van der Waals surface area contributed by atoms with Crippen molar-refractivity contribution in [3.05, 3.63) is 235 Å². The van der Waals surface area contributed by atoms with Gasteiger partial charge in [0.1, 0.15) is 0 Å². The molecule has 0 unspecified atom stereocenters. The van der Waals surface area contributed by atoms with Gasteiger partial charge in [0.15, 0.2) is 0 Å². The van der Waals surface area contributed by atoms with E-state index in [1.165, 1.54) is 89.0 Å². The van der Waals surface area contributed by atoms with Crippen LogP contribution < -0.4 is 0 Å². The summed E-state index contributed by atoms with van der Waals surface area (Å²) in [5.41, 5.74) is 21.5. The van der Waals surface area contributed by atoms with Crippen LogP contribution in [0.3, 0.4) is 0 Å². The third-order valence-electron chi connectivity index (χ3n) is 11.9. The zero-order chi connectivity index (χ0) is 34.6. The molecule has 0 nitrogen and oxygen atoms in total. The first-order valence-electron chi connectivity index (χ1n) is 17.8. The third kappa shape index (κ3) is 3.76. The largest absolute Gasteiger partial charge is 0.0725 e. The van der Waals surface area contributed by atoms with Crippen LogP contribution in [0.4, 0.5) is 0 Å². The smallest absolute Gasteiger partial charge is 0.0619 e. The summed E-state index contributed by atoms with van der Waals surface area (Å²) in [6.07, 6.45) is 0. The summed E-state index contributed by atoms with van der Waals surface area (Å²) in [6.45, 7) is 0. The van der Waals surface area contributed by atoms with E-state index in [2.05, 4.69) is 214 Å². The molecular weight excluding hydrogens is 760 g/mol. The second-order valence-electron chi connectivity index (χ2n) is 14.2. The van der Waals surface area contributed by atoms with Gasteiger partial charge in [-0.3, -0.25) is 0 Å². The molecule has 0 amide bonds. The molecule has 0 atom stereocenters. The van der Waals surface area contributed by atoms with Crippen LogP contribution in [-0.2, 0) is 10.8 Å². The van der Waals surface area contributed by atoms with Crippen molar-refractivity contribution in [3.8, 4) is 44.5 Å². The molecule has 2 spiro atoms. The monoisotopic (exact) mass is 788 g/mol. The minimum Gasteiger partial charge on any atom is -0.0619 e. The van der Waals surface area contributed by atoms with Gasteiger partial charge < -0.3 is 0 Å². The standard InChI is InChI=1S/2C25H15Br/c2*26-16-13-14-20-19-9-3-6-12-23(19)25(24(20)15-16)21-10-4-1-7-17(21)18-8-2-5-11-22(18)25/h2*1-15H. The topological polar surface area (TPSA) is 0 Å². The number of hydrogen-bond donors (Lipinski definition) is 0. The Morgan fingerprint density at radius 1 is 0.231 bits per heavy atom. The van der Waals surface area contributed by atoms with Crippen LogP contribution in [0.15, 0.2) is 191 Å². The molecule has 0 saturated heterocycles. The minimum absolute atomic E-state index is 0.219. The van der Waals surface area contributed by atoms with Crippen molar-refractivity contribution in [2.45, 2.75) is 10.8 Å². The maximum atomic E-state index is 3.72. The van der Waals surface area contributed by atoms with Crippen molar-refractivity contribution in [1.29, 1.82) is 0 Å². The van der Waals surface area contributed by atoms with Gasteiger partial charge in [-0.25, -0.2) is 0 Å². The van der Waals surface area contributed by atoms with E-state index in [-0.39, 0.29) is 10.8 Å². The lowest BCUT2D eigenvalue weighted by Crippen LogP contribution is -2.25. The summed E-state index contributed by atoms with van der Waals surface area (Å²) >= 11 is 7.44. The molecule has 12 rings (SSSR count). The molecule has 0 saturated carbocycles. The Balaban J connectivity index is 0.000000123. The van der Waals surface area contributed by atoms with Crippen molar-refractivity contribution in [3.63, 3.8) is 0 Å². The number of fused-ring (bicyclic) bond motifs is 20. The van der Waals surface area contributed by atoms with Crippen LogP contribution in [0.2, 0.25) is 0 Å². The van der Waals surface area contributed by atoms with E-state index in [1.807, 2.05) is 0 Å². The molecule has 0 aliphatic heterocycles. The molecule has 4 aliphatic carbocycles. The molecular formula is C50H30Br2. The van der Waals surface area contributed by atoms with E-state index in [4.69, 9.17) is 0 Å². The summed E-state index contributed by atoms with van der Waals surface area (Å²) in [5, 5.41) is 0. The zero-order valence-electron chi connectivity index (χ0n) is 28.1. The molecule has 0 aromatic heterocycles. The number of halogens is 2. The van der Waals surface area contributed by atoms with Crippen molar-refractivity contribution >= 4 is 31.9 Å². The normalized spacial score (nSPS) is 14.7. The molecule has 0 radical (unpaired) electrons. The Bertz CT molecular complexity index is 2470. The molecule has 52 heavy (non-hydrogen) atoms. The molecule has 8 aromatic carbocycles. The van der Waals surface area contributed by atoms with Crippen molar-refractivity contribution in [2.24, 2.45) is 0 Å². The van der Waals surface area contributed by atoms with Crippen LogP contribution >= 0.6 is 31.9 Å². The van der Waals surface area contributed by atoms with Crippen LogP contribution in [-0.4, -0.2) is 0 Å². The average molecular weight is 791 g/mol. The van der Waals surface area contributed by atoms with Gasteiger partial charge >= 0.3 is 0 Å². The Labute approximate surface area is 320 Å². The Hall–Kier alpha value is -5.28. The quantitative estimate of drug-likeness (QED) is 0.144. The van der Waals surface area contributed by atoms with Crippen molar-refractivity contribution in [1.82, 2.24) is 0 Å². The van der Waals surface area contributed by atoms with E-state index in [1.54, 1.807) is 0 Å². The predicted octanol–water partition coefficient (Wildman–Crippen LogP) is 13.6. The second-order valence-corrected chi connectivity index (χ2v) is 16.0. The number of benzene rings is 8.